The first kappa shape index (κ1) is 13.4. The van der Waals surface area contributed by atoms with E-state index in [1.54, 1.807) is 6.07 Å². The van der Waals surface area contributed by atoms with Crippen LogP contribution in [0.5, 0.6) is 0 Å². The minimum absolute atomic E-state index is 0.0691. The number of rotatable bonds is 1. The Morgan fingerprint density at radius 1 is 1.25 bits per heavy atom. The number of nitrogens with zero attached hydrogens (tertiary/aromatic N) is 5. The first-order valence-electron chi connectivity index (χ1n) is 6.13. The largest absolute Gasteiger partial charge is 0.391 e. The molecule has 2 aromatic heterocycles. The van der Waals surface area contributed by atoms with Crippen LogP contribution in [0.25, 0.3) is 5.78 Å². The Labute approximate surface area is 117 Å². The van der Waals surface area contributed by atoms with E-state index in [0.717, 1.165) is 0 Å². The molecule has 0 radical (unpaired) electrons. The van der Waals surface area contributed by atoms with Gasteiger partial charge in [-0.15, -0.1) is 0 Å². The highest BCUT2D eigenvalue weighted by Crippen LogP contribution is 2.35. The molecule has 9 heteroatoms. The number of alkyl halides is 3. The average Bonchev–Trinajstić information content (AvgIpc) is 2.85. The van der Waals surface area contributed by atoms with Crippen molar-refractivity contribution >= 4 is 23.2 Å². The van der Waals surface area contributed by atoms with Crippen molar-refractivity contribution in [2.24, 2.45) is 5.92 Å². The molecule has 0 N–H and O–H groups in total. The Balaban J connectivity index is 1.85. The van der Waals surface area contributed by atoms with Gasteiger partial charge in [0, 0.05) is 19.2 Å². The lowest BCUT2D eigenvalue weighted by molar-refractivity contribution is -0.179. The molecule has 1 aliphatic rings. The Bertz CT molecular complexity index is 618. The van der Waals surface area contributed by atoms with Crippen LogP contribution in [0.3, 0.4) is 0 Å². The van der Waals surface area contributed by atoms with E-state index in [9.17, 15) is 13.2 Å². The lowest BCUT2D eigenvalue weighted by Gasteiger charge is -2.34. The smallest absolute Gasteiger partial charge is 0.356 e. The van der Waals surface area contributed by atoms with E-state index in [0.29, 0.717) is 24.7 Å². The average molecular weight is 306 g/mol. The number of hydrogen-bond donors (Lipinski definition) is 0. The van der Waals surface area contributed by atoms with Crippen LogP contribution in [0, 0.1) is 5.92 Å². The lowest BCUT2D eigenvalue weighted by atomic mass is 9.96. The number of fused-ring (bicyclic) bond motifs is 1. The van der Waals surface area contributed by atoms with E-state index in [4.69, 9.17) is 11.6 Å². The molecule has 108 valence electrons. The van der Waals surface area contributed by atoms with Crippen LogP contribution in [-0.4, -0.2) is 38.8 Å². The van der Waals surface area contributed by atoms with E-state index >= 15 is 0 Å². The van der Waals surface area contributed by atoms with Gasteiger partial charge in [-0.2, -0.15) is 32.8 Å². The molecule has 0 saturated carbocycles. The van der Waals surface area contributed by atoms with Gasteiger partial charge in [-0.05, 0) is 12.8 Å². The molecular formula is C11H11ClF3N5. The number of halogens is 4. The zero-order valence-electron chi connectivity index (χ0n) is 10.3. The van der Waals surface area contributed by atoms with Gasteiger partial charge in [-0.3, -0.25) is 0 Å². The normalized spacial score (nSPS) is 17.9. The minimum Gasteiger partial charge on any atom is -0.356 e. The zero-order valence-corrected chi connectivity index (χ0v) is 11.1. The fourth-order valence-electron chi connectivity index (χ4n) is 2.43. The van der Waals surface area contributed by atoms with Crippen molar-refractivity contribution in [2.45, 2.75) is 19.0 Å². The molecule has 2 aromatic rings. The summed E-state index contributed by atoms with van der Waals surface area (Å²) in [6.07, 6.45) is -2.64. The monoisotopic (exact) mass is 305 g/mol. The maximum Gasteiger partial charge on any atom is 0.391 e. The third kappa shape index (κ3) is 2.39. The molecule has 5 nitrogen and oxygen atoms in total. The molecular weight excluding hydrogens is 295 g/mol. The molecule has 0 aromatic carbocycles. The van der Waals surface area contributed by atoms with E-state index in [1.807, 2.05) is 4.90 Å². The third-order valence-corrected chi connectivity index (χ3v) is 3.68. The number of anilines is 1. The fraction of sp³-hybridized carbons (Fsp3) is 0.545. The van der Waals surface area contributed by atoms with Gasteiger partial charge in [0.05, 0.1) is 5.92 Å². The van der Waals surface area contributed by atoms with Crippen molar-refractivity contribution in [3.63, 3.8) is 0 Å². The Hall–Kier alpha value is -1.57. The van der Waals surface area contributed by atoms with Gasteiger partial charge in [-0.25, -0.2) is 0 Å². The van der Waals surface area contributed by atoms with Crippen LogP contribution in [0.2, 0.25) is 5.15 Å². The second-order valence-corrected chi connectivity index (χ2v) is 5.10. The van der Waals surface area contributed by atoms with Gasteiger partial charge in [0.15, 0.2) is 0 Å². The lowest BCUT2D eigenvalue weighted by Crippen LogP contribution is -2.39. The summed E-state index contributed by atoms with van der Waals surface area (Å²) < 4.78 is 39.5. The second kappa shape index (κ2) is 4.76. The van der Waals surface area contributed by atoms with Crippen LogP contribution in [0.4, 0.5) is 19.0 Å². The van der Waals surface area contributed by atoms with Crippen molar-refractivity contribution in [1.29, 1.82) is 0 Å². The second-order valence-electron chi connectivity index (χ2n) is 4.71. The van der Waals surface area contributed by atoms with E-state index in [-0.39, 0.29) is 18.0 Å². The summed E-state index contributed by atoms with van der Waals surface area (Å²) in [6, 6.07) is 1.59. The van der Waals surface area contributed by atoms with Crippen LogP contribution in [0.1, 0.15) is 12.8 Å². The van der Waals surface area contributed by atoms with Crippen molar-refractivity contribution in [3.05, 3.63) is 17.5 Å². The fourth-order valence-corrected chi connectivity index (χ4v) is 2.60. The molecule has 3 rings (SSSR count). The number of hydrogen-bond acceptors (Lipinski definition) is 4. The van der Waals surface area contributed by atoms with Gasteiger partial charge in [0.2, 0.25) is 0 Å². The number of aromatic nitrogens is 4. The van der Waals surface area contributed by atoms with Gasteiger partial charge in [-0.1, -0.05) is 11.6 Å². The summed E-state index contributed by atoms with van der Waals surface area (Å²) in [4.78, 5) is 9.76. The predicted molar refractivity (Wildman–Crippen MR) is 66.8 cm³/mol. The van der Waals surface area contributed by atoms with Crippen LogP contribution < -0.4 is 4.90 Å². The van der Waals surface area contributed by atoms with Crippen LogP contribution >= 0.6 is 11.6 Å². The van der Waals surface area contributed by atoms with Crippen molar-refractivity contribution in [2.75, 3.05) is 18.0 Å². The molecule has 20 heavy (non-hydrogen) atoms. The quantitative estimate of drug-likeness (QED) is 0.760. The highest BCUT2D eigenvalue weighted by atomic mass is 35.5. The zero-order chi connectivity index (χ0) is 14.3. The van der Waals surface area contributed by atoms with Crippen LogP contribution in [-0.2, 0) is 0 Å². The molecule has 0 aliphatic carbocycles. The Kier molecular flexibility index (Phi) is 3.19. The summed E-state index contributed by atoms with van der Waals surface area (Å²) >= 11 is 5.90. The maximum atomic E-state index is 12.7. The highest BCUT2D eigenvalue weighted by molar-refractivity contribution is 6.29. The van der Waals surface area contributed by atoms with Crippen LogP contribution in [0.15, 0.2) is 12.4 Å². The predicted octanol–water partition coefficient (Wildman–Crippen LogP) is 2.56. The van der Waals surface area contributed by atoms with E-state index in [1.165, 1.54) is 10.8 Å². The summed E-state index contributed by atoms with van der Waals surface area (Å²) in [6.45, 7) is 0.610. The highest BCUT2D eigenvalue weighted by Gasteiger charge is 2.41. The molecule has 0 spiro atoms. The van der Waals surface area contributed by atoms with Gasteiger partial charge >= 0.3 is 6.18 Å². The summed E-state index contributed by atoms with van der Waals surface area (Å²) in [5.41, 5.74) is 0. The van der Waals surface area contributed by atoms with Crippen molar-refractivity contribution < 1.29 is 13.2 Å². The molecule has 0 bridgehead atoms. The molecule has 3 heterocycles. The van der Waals surface area contributed by atoms with Gasteiger partial charge in [0.25, 0.3) is 5.78 Å². The molecule has 0 unspecified atom stereocenters. The molecule has 1 saturated heterocycles. The van der Waals surface area contributed by atoms with E-state index < -0.39 is 12.1 Å². The van der Waals surface area contributed by atoms with Gasteiger partial charge < -0.3 is 4.90 Å². The Morgan fingerprint density at radius 2 is 1.95 bits per heavy atom. The summed E-state index contributed by atoms with van der Waals surface area (Å²) in [5.74, 6) is -0.272. The van der Waals surface area contributed by atoms with Crippen molar-refractivity contribution in [1.82, 2.24) is 19.6 Å². The maximum absolute atomic E-state index is 12.7. The SMILES string of the molecule is FC(F)(F)C1CCN(c2cc(Cl)nc3ncnn23)CC1. The summed E-state index contributed by atoms with van der Waals surface area (Å²) in [7, 11) is 0. The topological polar surface area (TPSA) is 46.3 Å². The first-order chi connectivity index (χ1) is 9.45. The molecule has 1 aliphatic heterocycles. The summed E-state index contributed by atoms with van der Waals surface area (Å²) in [5, 5.41) is 4.27. The standard InChI is InChI=1S/C11H11ClF3N5/c12-8-5-9(20-10(18-8)16-6-17-20)19-3-1-7(2-4-19)11(13,14)15/h5-7H,1-4H2. The molecule has 1 fully saturated rings. The van der Waals surface area contributed by atoms with Crippen molar-refractivity contribution in [3.8, 4) is 0 Å². The van der Waals surface area contributed by atoms with E-state index in [2.05, 4.69) is 15.1 Å². The number of piperidine rings is 1. The Morgan fingerprint density at radius 3 is 2.60 bits per heavy atom. The molecule has 0 atom stereocenters. The third-order valence-electron chi connectivity index (χ3n) is 3.48. The van der Waals surface area contributed by atoms with Gasteiger partial charge in [0.1, 0.15) is 17.3 Å². The minimum atomic E-state index is -4.12. The molecule has 0 amide bonds. The first-order valence-corrected chi connectivity index (χ1v) is 6.51.